The summed E-state index contributed by atoms with van der Waals surface area (Å²) in [5, 5.41) is 3.65. The largest absolute Gasteiger partial charge is 0.497 e. The van der Waals surface area contributed by atoms with Crippen LogP contribution in [0.1, 0.15) is 25.5 Å². The summed E-state index contributed by atoms with van der Waals surface area (Å²) < 4.78 is 5.26. The molecule has 1 aliphatic heterocycles. The summed E-state index contributed by atoms with van der Waals surface area (Å²) in [7, 11) is 3.91. The molecule has 0 aromatic heterocycles. The molecule has 0 radical (unpaired) electrons. The molecule has 1 fully saturated rings. The van der Waals surface area contributed by atoms with Crippen molar-refractivity contribution in [2.45, 2.75) is 25.9 Å². The lowest BCUT2D eigenvalue weighted by Crippen LogP contribution is -2.51. The second-order valence-corrected chi connectivity index (χ2v) is 5.89. The van der Waals surface area contributed by atoms with Crippen molar-refractivity contribution < 1.29 is 4.74 Å². The molecule has 1 aliphatic rings. The average Bonchev–Trinajstić information content (AvgIpc) is 2.53. The van der Waals surface area contributed by atoms with Crippen molar-refractivity contribution in [2.75, 3.05) is 46.9 Å². The molecule has 1 aromatic rings. The molecule has 1 N–H and O–H groups in total. The summed E-state index contributed by atoms with van der Waals surface area (Å²) >= 11 is 0. The van der Waals surface area contributed by atoms with E-state index >= 15 is 0 Å². The van der Waals surface area contributed by atoms with Crippen LogP contribution in [0.3, 0.4) is 0 Å². The van der Waals surface area contributed by atoms with E-state index in [0.717, 1.165) is 38.5 Å². The normalized spacial score (nSPS) is 20.2. The van der Waals surface area contributed by atoms with E-state index in [1.54, 1.807) is 7.11 Å². The number of hydrogen-bond acceptors (Lipinski definition) is 4. The fraction of sp³-hybridized carbons (Fsp3) is 0.647. The summed E-state index contributed by atoms with van der Waals surface area (Å²) in [4.78, 5) is 5.00. The van der Waals surface area contributed by atoms with E-state index in [1.807, 2.05) is 0 Å². The molecule has 0 aliphatic carbocycles. The van der Waals surface area contributed by atoms with Crippen LogP contribution in [0.4, 0.5) is 0 Å². The third kappa shape index (κ3) is 4.19. The Bertz CT molecular complexity index is 413. The summed E-state index contributed by atoms with van der Waals surface area (Å²) in [6.07, 6.45) is 0. The highest BCUT2D eigenvalue weighted by molar-refractivity contribution is 5.30. The van der Waals surface area contributed by atoms with Crippen molar-refractivity contribution in [3.05, 3.63) is 29.8 Å². The van der Waals surface area contributed by atoms with Crippen molar-refractivity contribution in [2.24, 2.45) is 0 Å². The maximum absolute atomic E-state index is 5.26. The van der Waals surface area contributed by atoms with Crippen molar-refractivity contribution in [1.29, 1.82) is 0 Å². The molecule has 0 spiro atoms. The topological polar surface area (TPSA) is 27.7 Å². The summed E-state index contributed by atoms with van der Waals surface area (Å²) in [6, 6.07) is 9.32. The molecule has 118 valence electrons. The molecular formula is C17H29N3O. The Morgan fingerprint density at radius 1 is 1.14 bits per heavy atom. The first-order chi connectivity index (χ1) is 10.2. The Balaban J connectivity index is 2.09. The second-order valence-electron chi connectivity index (χ2n) is 5.89. The predicted octanol–water partition coefficient (Wildman–Crippen LogP) is 1.98. The van der Waals surface area contributed by atoms with Crippen LogP contribution in [0.25, 0.3) is 0 Å². The third-order valence-electron chi connectivity index (χ3n) is 4.50. The van der Waals surface area contributed by atoms with Gasteiger partial charge in [0.2, 0.25) is 0 Å². The van der Waals surface area contributed by atoms with Gasteiger partial charge in [-0.1, -0.05) is 19.1 Å². The molecule has 1 aromatic carbocycles. The number of rotatable bonds is 6. The number of likely N-dealkylation sites (N-methyl/N-ethyl adjacent to an activating group) is 2. The van der Waals surface area contributed by atoms with E-state index in [-0.39, 0.29) is 0 Å². The molecule has 0 saturated carbocycles. The van der Waals surface area contributed by atoms with Crippen LogP contribution in [0, 0.1) is 0 Å². The first-order valence-electron chi connectivity index (χ1n) is 7.95. The van der Waals surface area contributed by atoms with Gasteiger partial charge in [-0.3, -0.25) is 4.90 Å². The maximum Gasteiger partial charge on any atom is 0.118 e. The van der Waals surface area contributed by atoms with Gasteiger partial charge < -0.3 is 15.0 Å². The van der Waals surface area contributed by atoms with Crippen LogP contribution in [0.2, 0.25) is 0 Å². The molecule has 2 atom stereocenters. The lowest BCUT2D eigenvalue weighted by atomic mass is 9.98. The predicted molar refractivity (Wildman–Crippen MR) is 87.9 cm³/mol. The molecule has 4 nitrogen and oxygen atoms in total. The van der Waals surface area contributed by atoms with Crippen molar-refractivity contribution in [3.8, 4) is 5.75 Å². The lowest BCUT2D eigenvalue weighted by molar-refractivity contribution is 0.0991. The van der Waals surface area contributed by atoms with E-state index < -0.39 is 0 Å². The molecule has 4 heteroatoms. The number of piperazine rings is 1. The van der Waals surface area contributed by atoms with Crippen molar-refractivity contribution in [3.63, 3.8) is 0 Å². The van der Waals surface area contributed by atoms with E-state index in [4.69, 9.17) is 4.74 Å². The lowest BCUT2D eigenvalue weighted by Gasteiger charge is -2.40. The summed E-state index contributed by atoms with van der Waals surface area (Å²) in [5.41, 5.74) is 1.34. The minimum atomic E-state index is 0.365. The Labute approximate surface area is 129 Å². The van der Waals surface area contributed by atoms with Gasteiger partial charge in [0.15, 0.2) is 0 Å². The fourth-order valence-electron chi connectivity index (χ4n) is 3.04. The van der Waals surface area contributed by atoms with Crippen LogP contribution in [0.15, 0.2) is 24.3 Å². The minimum Gasteiger partial charge on any atom is -0.497 e. The third-order valence-corrected chi connectivity index (χ3v) is 4.50. The van der Waals surface area contributed by atoms with Gasteiger partial charge in [-0.15, -0.1) is 0 Å². The number of nitrogens with zero attached hydrogens (tertiary/aromatic N) is 2. The first-order valence-corrected chi connectivity index (χ1v) is 7.95. The average molecular weight is 291 g/mol. The smallest absolute Gasteiger partial charge is 0.118 e. The standard InChI is InChI=1S/C17H29N3O/c1-5-18-17(15-6-8-16(21-4)9-7-15)14(2)20-12-10-19(3)11-13-20/h6-9,14,17-18H,5,10-13H2,1-4H3. The minimum absolute atomic E-state index is 0.365. The Kier molecular flexibility index (Phi) is 6.03. The molecule has 0 amide bonds. The molecule has 1 saturated heterocycles. The number of ether oxygens (including phenoxy) is 1. The maximum atomic E-state index is 5.26. The zero-order chi connectivity index (χ0) is 15.2. The van der Waals surface area contributed by atoms with E-state index in [2.05, 4.69) is 60.3 Å². The summed E-state index contributed by atoms with van der Waals surface area (Å²) in [6.45, 7) is 10.1. The van der Waals surface area contributed by atoms with E-state index in [0.29, 0.717) is 12.1 Å². The number of nitrogens with one attached hydrogen (secondary N) is 1. The molecule has 2 rings (SSSR count). The highest BCUT2D eigenvalue weighted by Gasteiger charge is 2.26. The zero-order valence-electron chi connectivity index (χ0n) is 13.8. The van der Waals surface area contributed by atoms with Crippen LogP contribution < -0.4 is 10.1 Å². The van der Waals surface area contributed by atoms with Gasteiger partial charge in [-0.2, -0.15) is 0 Å². The van der Waals surface area contributed by atoms with Gasteiger partial charge in [0.1, 0.15) is 5.75 Å². The molecule has 1 heterocycles. The van der Waals surface area contributed by atoms with Crippen LogP contribution in [-0.4, -0.2) is 62.7 Å². The first kappa shape index (κ1) is 16.3. The molecule has 21 heavy (non-hydrogen) atoms. The molecule has 0 bridgehead atoms. The highest BCUT2D eigenvalue weighted by atomic mass is 16.5. The zero-order valence-corrected chi connectivity index (χ0v) is 13.8. The van der Waals surface area contributed by atoms with Crippen molar-refractivity contribution >= 4 is 0 Å². The highest BCUT2D eigenvalue weighted by Crippen LogP contribution is 2.24. The van der Waals surface area contributed by atoms with Gasteiger partial charge in [0, 0.05) is 38.3 Å². The van der Waals surface area contributed by atoms with Gasteiger partial charge in [0.05, 0.1) is 7.11 Å². The quantitative estimate of drug-likeness (QED) is 0.867. The molecular weight excluding hydrogens is 262 g/mol. The van der Waals surface area contributed by atoms with Crippen LogP contribution >= 0.6 is 0 Å². The van der Waals surface area contributed by atoms with Crippen LogP contribution in [0.5, 0.6) is 5.75 Å². The van der Waals surface area contributed by atoms with E-state index in [9.17, 15) is 0 Å². The van der Waals surface area contributed by atoms with Crippen LogP contribution in [-0.2, 0) is 0 Å². The number of benzene rings is 1. The Morgan fingerprint density at radius 3 is 2.29 bits per heavy atom. The monoisotopic (exact) mass is 291 g/mol. The molecule has 2 unspecified atom stereocenters. The second kappa shape index (κ2) is 7.78. The van der Waals surface area contributed by atoms with Gasteiger partial charge in [0.25, 0.3) is 0 Å². The Morgan fingerprint density at radius 2 is 1.76 bits per heavy atom. The number of hydrogen-bond donors (Lipinski definition) is 1. The summed E-state index contributed by atoms with van der Waals surface area (Å²) in [5.74, 6) is 0.918. The van der Waals surface area contributed by atoms with Crippen molar-refractivity contribution in [1.82, 2.24) is 15.1 Å². The van der Waals surface area contributed by atoms with Gasteiger partial charge in [-0.05, 0) is 38.2 Å². The van der Waals surface area contributed by atoms with Gasteiger partial charge in [-0.25, -0.2) is 0 Å². The SMILES string of the molecule is CCNC(c1ccc(OC)cc1)C(C)N1CCN(C)CC1. The van der Waals surface area contributed by atoms with Gasteiger partial charge >= 0.3 is 0 Å². The van der Waals surface area contributed by atoms with E-state index in [1.165, 1.54) is 5.56 Å². The fourth-order valence-corrected chi connectivity index (χ4v) is 3.04. The number of methoxy groups -OCH3 is 1. The Hall–Kier alpha value is -1.10.